The van der Waals surface area contributed by atoms with Crippen molar-refractivity contribution < 1.29 is 0 Å². The molecule has 2 nitrogen and oxygen atoms in total. The van der Waals surface area contributed by atoms with E-state index in [1.165, 1.54) is 32.4 Å². The van der Waals surface area contributed by atoms with Gasteiger partial charge in [0.25, 0.3) is 0 Å². The molecule has 0 aromatic carbocycles. The average Bonchev–Trinajstić information content (AvgIpc) is 2.05. The van der Waals surface area contributed by atoms with E-state index in [9.17, 15) is 0 Å². The quantitative estimate of drug-likeness (QED) is 0.630. The van der Waals surface area contributed by atoms with Gasteiger partial charge in [-0.1, -0.05) is 27.2 Å². The zero-order valence-electron chi connectivity index (χ0n) is 9.55. The summed E-state index contributed by atoms with van der Waals surface area (Å²) in [6.07, 6.45) is 4.83. The van der Waals surface area contributed by atoms with Gasteiger partial charge in [-0.15, -0.1) is 0 Å². The van der Waals surface area contributed by atoms with Crippen LogP contribution in [0.15, 0.2) is 0 Å². The second-order valence-corrected chi connectivity index (χ2v) is 3.85. The Balaban J connectivity index is 3.64. The molecule has 0 unspecified atom stereocenters. The van der Waals surface area contributed by atoms with Crippen LogP contribution < -0.4 is 5.73 Å². The van der Waals surface area contributed by atoms with Crippen LogP contribution in [0.1, 0.15) is 46.5 Å². The monoisotopic (exact) mass is 186 g/mol. The lowest BCUT2D eigenvalue weighted by Gasteiger charge is -2.24. The van der Waals surface area contributed by atoms with E-state index in [0.717, 1.165) is 13.0 Å². The summed E-state index contributed by atoms with van der Waals surface area (Å²) < 4.78 is 0. The third-order valence-electron chi connectivity index (χ3n) is 2.23. The Bertz CT molecular complexity index is 98.3. The first kappa shape index (κ1) is 12.9. The Morgan fingerprint density at radius 3 is 1.92 bits per heavy atom. The molecule has 0 aliphatic carbocycles. The molecule has 2 N–H and O–H groups in total. The van der Waals surface area contributed by atoms with Gasteiger partial charge in [-0.2, -0.15) is 0 Å². The molecule has 0 aliphatic heterocycles. The van der Waals surface area contributed by atoms with Crippen molar-refractivity contribution in [2.45, 2.75) is 52.5 Å². The van der Waals surface area contributed by atoms with Crippen molar-refractivity contribution in [3.63, 3.8) is 0 Å². The summed E-state index contributed by atoms with van der Waals surface area (Å²) in [6, 6.07) is 0.378. The molecule has 0 fully saturated rings. The lowest BCUT2D eigenvalue weighted by atomic mass is 10.1. The van der Waals surface area contributed by atoms with Crippen LogP contribution in [0.2, 0.25) is 0 Å². The highest BCUT2D eigenvalue weighted by Crippen LogP contribution is 2.00. The molecule has 80 valence electrons. The Kier molecular flexibility index (Phi) is 8.46. The molecule has 13 heavy (non-hydrogen) atoms. The highest BCUT2D eigenvalue weighted by Gasteiger charge is 2.07. The normalized spacial score (nSPS) is 13.6. The summed E-state index contributed by atoms with van der Waals surface area (Å²) in [7, 11) is 0. The summed E-state index contributed by atoms with van der Waals surface area (Å²) in [5.41, 5.74) is 6.00. The highest BCUT2D eigenvalue weighted by molar-refractivity contribution is 4.67. The Morgan fingerprint density at radius 2 is 1.54 bits per heavy atom. The summed E-state index contributed by atoms with van der Waals surface area (Å²) in [4.78, 5) is 2.49. The van der Waals surface area contributed by atoms with Crippen molar-refractivity contribution >= 4 is 0 Å². The van der Waals surface area contributed by atoms with Gasteiger partial charge in [0.05, 0.1) is 0 Å². The first-order valence-electron chi connectivity index (χ1n) is 5.72. The molecule has 0 aromatic heterocycles. The lowest BCUT2D eigenvalue weighted by molar-refractivity contribution is 0.253. The number of nitrogens with two attached hydrogens (primary N) is 1. The summed E-state index contributed by atoms with van der Waals surface area (Å²) in [5, 5.41) is 0. The number of hydrogen-bond donors (Lipinski definition) is 1. The predicted octanol–water partition coefficient (Wildman–Crippen LogP) is 2.24. The van der Waals surface area contributed by atoms with E-state index in [1.807, 2.05) is 0 Å². The minimum absolute atomic E-state index is 0.378. The molecule has 1 atom stereocenters. The molecule has 0 amide bonds. The zero-order valence-corrected chi connectivity index (χ0v) is 9.55. The standard InChI is InChI=1S/C11H26N2/c1-4-7-11(12)10-13(8-5-2)9-6-3/h11H,4-10,12H2,1-3H3/t11-/m1/s1. The summed E-state index contributed by atoms with van der Waals surface area (Å²) in [5.74, 6) is 0. The summed E-state index contributed by atoms with van der Waals surface area (Å²) >= 11 is 0. The molecule has 2 heteroatoms. The van der Waals surface area contributed by atoms with E-state index in [4.69, 9.17) is 5.73 Å². The van der Waals surface area contributed by atoms with Gasteiger partial charge in [-0.3, -0.25) is 0 Å². The Labute approximate surface area is 83.5 Å². The van der Waals surface area contributed by atoms with Crippen LogP contribution in [-0.2, 0) is 0 Å². The minimum Gasteiger partial charge on any atom is -0.327 e. The Morgan fingerprint density at radius 1 is 1.00 bits per heavy atom. The zero-order chi connectivity index (χ0) is 10.1. The van der Waals surface area contributed by atoms with E-state index < -0.39 is 0 Å². The second-order valence-electron chi connectivity index (χ2n) is 3.85. The third-order valence-corrected chi connectivity index (χ3v) is 2.23. The van der Waals surface area contributed by atoms with Crippen molar-refractivity contribution in [3.05, 3.63) is 0 Å². The Hall–Kier alpha value is -0.0800. The van der Waals surface area contributed by atoms with E-state index in [1.54, 1.807) is 0 Å². The van der Waals surface area contributed by atoms with Gasteiger partial charge < -0.3 is 10.6 Å². The predicted molar refractivity (Wildman–Crippen MR) is 59.9 cm³/mol. The molecule has 0 rings (SSSR count). The molecule has 0 spiro atoms. The van der Waals surface area contributed by atoms with Crippen LogP contribution in [0.5, 0.6) is 0 Å². The van der Waals surface area contributed by atoms with Crippen LogP contribution in [0.3, 0.4) is 0 Å². The average molecular weight is 186 g/mol. The number of hydrogen-bond acceptors (Lipinski definition) is 2. The van der Waals surface area contributed by atoms with Gasteiger partial charge in [0, 0.05) is 12.6 Å². The van der Waals surface area contributed by atoms with Crippen molar-refractivity contribution in [1.29, 1.82) is 0 Å². The maximum atomic E-state index is 6.00. The minimum atomic E-state index is 0.378. The maximum absolute atomic E-state index is 6.00. The van der Waals surface area contributed by atoms with E-state index in [2.05, 4.69) is 25.7 Å². The topological polar surface area (TPSA) is 29.3 Å². The van der Waals surface area contributed by atoms with Crippen LogP contribution in [0, 0.1) is 0 Å². The molecule has 0 bridgehead atoms. The van der Waals surface area contributed by atoms with E-state index in [-0.39, 0.29) is 0 Å². The van der Waals surface area contributed by atoms with Gasteiger partial charge in [-0.05, 0) is 32.4 Å². The fourth-order valence-electron chi connectivity index (χ4n) is 1.72. The van der Waals surface area contributed by atoms with Gasteiger partial charge >= 0.3 is 0 Å². The summed E-state index contributed by atoms with van der Waals surface area (Å²) in [6.45, 7) is 10.1. The van der Waals surface area contributed by atoms with Gasteiger partial charge in [0.2, 0.25) is 0 Å². The van der Waals surface area contributed by atoms with Gasteiger partial charge in [0.1, 0.15) is 0 Å². The smallest absolute Gasteiger partial charge is 0.0167 e. The fraction of sp³-hybridized carbons (Fsp3) is 1.00. The molecule has 0 aliphatic rings. The van der Waals surface area contributed by atoms with E-state index >= 15 is 0 Å². The van der Waals surface area contributed by atoms with E-state index in [0.29, 0.717) is 6.04 Å². The number of rotatable bonds is 8. The molecular weight excluding hydrogens is 160 g/mol. The molecular formula is C11H26N2. The SMILES string of the molecule is CCC[C@@H](N)CN(CCC)CCC. The van der Waals surface area contributed by atoms with Gasteiger partial charge in [0.15, 0.2) is 0 Å². The molecule has 0 heterocycles. The highest BCUT2D eigenvalue weighted by atomic mass is 15.1. The molecule has 0 aromatic rings. The molecule has 0 saturated heterocycles. The molecule has 0 saturated carbocycles. The first-order valence-corrected chi connectivity index (χ1v) is 5.72. The van der Waals surface area contributed by atoms with Crippen molar-refractivity contribution in [3.8, 4) is 0 Å². The number of nitrogens with zero attached hydrogens (tertiary/aromatic N) is 1. The fourth-order valence-corrected chi connectivity index (χ4v) is 1.72. The van der Waals surface area contributed by atoms with Crippen molar-refractivity contribution in [2.24, 2.45) is 5.73 Å². The van der Waals surface area contributed by atoms with Crippen LogP contribution in [-0.4, -0.2) is 30.6 Å². The first-order chi connectivity index (χ1) is 6.24. The maximum Gasteiger partial charge on any atom is 0.0167 e. The van der Waals surface area contributed by atoms with Crippen LogP contribution in [0.25, 0.3) is 0 Å². The second kappa shape index (κ2) is 8.52. The van der Waals surface area contributed by atoms with Crippen molar-refractivity contribution in [2.75, 3.05) is 19.6 Å². The van der Waals surface area contributed by atoms with Crippen LogP contribution >= 0.6 is 0 Å². The third kappa shape index (κ3) is 7.03. The lowest BCUT2D eigenvalue weighted by Crippen LogP contribution is -2.38. The largest absolute Gasteiger partial charge is 0.327 e. The molecule has 0 radical (unpaired) electrons. The van der Waals surface area contributed by atoms with Gasteiger partial charge in [-0.25, -0.2) is 0 Å². The van der Waals surface area contributed by atoms with Crippen molar-refractivity contribution in [1.82, 2.24) is 4.90 Å². The van der Waals surface area contributed by atoms with Crippen LogP contribution in [0.4, 0.5) is 0 Å².